The molecule has 156 valence electrons. The van der Waals surface area contributed by atoms with Crippen LogP contribution in [-0.2, 0) is 25.4 Å². The zero-order valence-electron chi connectivity index (χ0n) is 17.4. The minimum absolute atomic E-state index is 0.0203. The van der Waals surface area contributed by atoms with Crippen LogP contribution in [0.15, 0.2) is 12.1 Å². The Morgan fingerprint density at radius 2 is 1.83 bits per heavy atom. The Bertz CT molecular complexity index is 866. The van der Waals surface area contributed by atoms with E-state index in [0.717, 1.165) is 16.6 Å². The molecule has 9 heteroatoms. The lowest BCUT2D eigenvalue weighted by atomic mass is 9.74. The number of carbonyl (C=O) groups is 3. The van der Waals surface area contributed by atoms with Crippen molar-refractivity contribution >= 4 is 30.4 Å². The second-order valence-corrected chi connectivity index (χ2v) is 8.68. The van der Waals surface area contributed by atoms with Gasteiger partial charge in [0.1, 0.15) is 6.04 Å². The number of rotatable bonds is 6. The van der Waals surface area contributed by atoms with Gasteiger partial charge in [-0.2, -0.15) is 0 Å². The fraction of sp³-hybridized carbons (Fsp3) is 0.550. The summed E-state index contributed by atoms with van der Waals surface area (Å²) in [7, 11) is -0.562. The molecule has 0 saturated carbocycles. The van der Waals surface area contributed by atoms with Gasteiger partial charge >= 0.3 is 13.1 Å². The van der Waals surface area contributed by atoms with E-state index in [2.05, 4.69) is 0 Å². The van der Waals surface area contributed by atoms with Gasteiger partial charge in [0.15, 0.2) is 0 Å². The van der Waals surface area contributed by atoms with Crippen molar-refractivity contribution in [3.63, 3.8) is 0 Å². The van der Waals surface area contributed by atoms with Crippen LogP contribution in [0.5, 0.6) is 0 Å². The van der Waals surface area contributed by atoms with Crippen LogP contribution in [0, 0.1) is 6.92 Å². The molecule has 1 saturated heterocycles. The van der Waals surface area contributed by atoms with Crippen molar-refractivity contribution in [2.24, 2.45) is 5.73 Å². The minimum Gasteiger partial charge on any atom is -0.481 e. The van der Waals surface area contributed by atoms with Gasteiger partial charge in [-0.05, 0) is 63.7 Å². The molecule has 2 amide bonds. The molecule has 0 unspecified atom stereocenters. The largest absolute Gasteiger partial charge is 0.495 e. The SMILES string of the molecule is Cc1c(B2OC(C)(C)C(C)(C)O2)ccc2c1CN([C@@H](CCC(=O)O)C(N)=O)C2=O. The maximum Gasteiger partial charge on any atom is 0.495 e. The highest BCUT2D eigenvalue weighted by Gasteiger charge is 2.52. The molecule has 1 atom stereocenters. The van der Waals surface area contributed by atoms with Crippen molar-refractivity contribution in [1.29, 1.82) is 0 Å². The highest BCUT2D eigenvalue weighted by atomic mass is 16.7. The molecule has 0 bridgehead atoms. The topological polar surface area (TPSA) is 119 Å². The average Bonchev–Trinajstić information content (AvgIpc) is 3.02. The number of carbonyl (C=O) groups excluding carboxylic acids is 2. The molecular formula is C20H27BN2O6. The Morgan fingerprint density at radius 3 is 2.34 bits per heavy atom. The lowest BCUT2D eigenvalue weighted by molar-refractivity contribution is -0.137. The Balaban J connectivity index is 1.90. The molecule has 0 aliphatic carbocycles. The van der Waals surface area contributed by atoms with Gasteiger partial charge in [-0.3, -0.25) is 14.4 Å². The fourth-order valence-electron chi connectivity index (χ4n) is 3.76. The number of carboxylic acid groups (broad SMARTS) is 1. The first-order chi connectivity index (χ1) is 13.4. The molecule has 1 aromatic carbocycles. The second kappa shape index (κ2) is 7.14. The summed E-state index contributed by atoms with van der Waals surface area (Å²) in [4.78, 5) is 37.0. The normalized spacial score (nSPS) is 20.7. The van der Waals surface area contributed by atoms with E-state index in [9.17, 15) is 14.4 Å². The standard InChI is InChI=1S/C20H27BN2O6/c1-11-13-10-23(15(17(22)26)8-9-16(24)25)18(27)12(13)6-7-14(11)21-28-19(2,3)20(4,5)29-21/h6-7,15H,8-10H2,1-5H3,(H2,22,26)(H,24,25)/t15-/m0/s1. The van der Waals surface area contributed by atoms with Crippen molar-refractivity contribution in [2.45, 2.75) is 71.2 Å². The number of nitrogens with zero attached hydrogens (tertiary/aromatic N) is 1. The summed E-state index contributed by atoms with van der Waals surface area (Å²) < 4.78 is 12.3. The molecule has 2 heterocycles. The van der Waals surface area contributed by atoms with Crippen LogP contribution in [0.4, 0.5) is 0 Å². The first kappa shape index (κ1) is 21.3. The van der Waals surface area contributed by atoms with Crippen LogP contribution < -0.4 is 11.2 Å². The number of benzene rings is 1. The van der Waals surface area contributed by atoms with Gasteiger partial charge in [0, 0.05) is 18.5 Å². The van der Waals surface area contributed by atoms with Crippen LogP contribution in [0.25, 0.3) is 0 Å². The van der Waals surface area contributed by atoms with Crippen molar-refractivity contribution in [3.8, 4) is 0 Å². The number of amides is 2. The molecule has 0 radical (unpaired) electrons. The van der Waals surface area contributed by atoms with Gasteiger partial charge < -0.3 is 25.0 Å². The number of nitrogens with two attached hydrogens (primary N) is 1. The lowest BCUT2D eigenvalue weighted by Crippen LogP contribution is -2.45. The Labute approximate surface area is 170 Å². The van der Waals surface area contributed by atoms with Gasteiger partial charge in [-0.25, -0.2) is 0 Å². The highest BCUT2D eigenvalue weighted by molar-refractivity contribution is 6.62. The number of carboxylic acids is 1. The summed E-state index contributed by atoms with van der Waals surface area (Å²) in [5.41, 5.74) is 7.45. The third-order valence-electron chi connectivity index (χ3n) is 6.30. The molecule has 0 aromatic heterocycles. The number of fused-ring (bicyclic) bond motifs is 1. The smallest absolute Gasteiger partial charge is 0.481 e. The van der Waals surface area contributed by atoms with Crippen LogP contribution in [0.1, 0.15) is 62.0 Å². The van der Waals surface area contributed by atoms with Crippen LogP contribution >= 0.6 is 0 Å². The maximum absolute atomic E-state index is 12.9. The third kappa shape index (κ3) is 3.64. The summed E-state index contributed by atoms with van der Waals surface area (Å²) in [5.74, 6) is -2.08. The van der Waals surface area contributed by atoms with Gasteiger partial charge in [-0.15, -0.1) is 0 Å². The van der Waals surface area contributed by atoms with Gasteiger partial charge in [0.05, 0.1) is 11.2 Å². The maximum atomic E-state index is 12.9. The predicted molar refractivity (Wildman–Crippen MR) is 107 cm³/mol. The summed E-state index contributed by atoms with van der Waals surface area (Å²) in [6.45, 7) is 9.98. The van der Waals surface area contributed by atoms with Crippen molar-refractivity contribution in [2.75, 3.05) is 0 Å². The molecule has 3 N–H and O–H groups in total. The molecule has 8 nitrogen and oxygen atoms in total. The highest BCUT2D eigenvalue weighted by Crippen LogP contribution is 2.37. The molecule has 1 fully saturated rings. The first-order valence-corrected chi connectivity index (χ1v) is 9.66. The van der Waals surface area contributed by atoms with Crippen molar-refractivity contribution in [3.05, 3.63) is 28.8 Å². The van der Waals surface area contributed by atoms with E-state index in [4.69, 9.17) is 20.1 Å². The zero-order chi connectivity index (χ0) is 21.7. The predicted octanol–water partition coefficient (Wildman–Crippen LogP) is 0.969. The van der Waals surface area contributed by atoms with Crippen molar-refractivity contribution in [1.82, 2.24) is 4.90 Å². The molecule has 29 heavy (non-hydrogen) atoms. The van der Waals surface area contributed by atoms with E-state index in [-0.39, 0.29) is 25.3 Å². The number of hydrogen-bond acceptors (Lipinski definition) is 5. The number of hydrogen-bond donors (Lipinski definition) is 2. The Hall–Kier alpha value is -2.39. The van der Waals surface area contributed by atoms with Crippen LogP contribution in [0.3, 0.4) is 0 Å². The van der Waals surface area contributed by atoms with E-state index in [1.165, 1.54) is 4.90 Å². The molecular weight excluding hydrogens is 375 g/mol. The quantitative estimate of drug-likeness (QED) is 0.685. The van der Waals surface area contributed by atoms with Gasteiger partial charge in [0.2, 0.25) is 5.91 Å². The van der Waals surface area contributed by atoms with E-state index in [1.54, 1.807) is 6.07 Å². The summed E-state index contributed by atoms with van der Waals surface area (Å²) in [6, 6.07) is 2.56. The third-order valence-corrected chi connectivity index (χ3v) is 6.30. The molecule has 1 aromatic rings. The lowest BCUT2D eigenvalue weighted by Gasteiger charge is -2.32. The second-order valence-electron chi connectivity index (χ2n) is 8.68. The average molecular weight is 402 g/mol. The van der Waals surface area contributed by atoms with Crippen LogP contribution in [0.2, 0.25) is 0 Å². The van der Waals surface area contributed by atoms with Gasteiger partial charge in [0.25, 0.3) is 5.91 Å². The molecule has 0 spiro atoms. The van der Waals surface area contributed by atoms with E-state index >= 15 is 0 Å². The first-order valence-electron chi connectivity index (χ1n) is 9.66. The molecule has 3 rings (SSSR count). The van der Waals surface area contributed by atoms with E-state index < -0.39 is 36.2 Å². The van der Waals surface area contributed by atoms with Gasteiger partial charge in [-0.1, -0.05) is 6.07 Å². The zero-order valence-corrected chi connectivity index (χ0v) is 17.4. The number of aliphatic carboxylic acids is 1. The minimum atomic E-state index is -1.04. The van der Waals surface area contributed by atoms with E-state index in [0.29, 0.717) is 5.56 Å². The Morgan fingerprint density at radius 1 is 1.24 bits per heavy atom. The summed E-state index contributed by atoms with van der Waals surface area (Å²) >= 11 is 0. The monoisotopic (exact) mass is 402 g/mol. The Kier molecular flexibility index (Phi) is 5.25. The molecule has 2 aliphatic rings. The van der Waals surface area contributed by atoms with Crippen LogP contribution in [-0.4, -0.2) is 52.2 Å². The molecule has 2 aliphatic heterocycles. The van der Waals surface area contributed by atoms with Crippen molar-refractivity contribution < 1.29 is 28.8 Å². The summed E-state index contributed by atoms with van der Waals surface area (Å²) in [6.07, 6.45) is -0.264. The van der Waals surface area contributed by atoms with E-state index in [1.807, 2.05) is 40.7 Å². The fourth-order valence-corrected chi connectivity index (χ4v) is 3.76. The number of primary amides is 1. The summed E-state index contributed by atoms with van der Waals surface area (Å²) in [5, 5.41) is 8.93.